The zero-order valence-electron chi connectivity index (χ0n) is 32.4. The fraction of sp³-hybridized carbons (Fsp3) is 0.684. The van der Waals surface area contributed by atoms with E-state index in [1.807, 2.05) is 81.4 Å². The van der Waals surface area contributed by atoms with Crippen molar-refractivity contribution in [1.82, 2.24) is 8.61 Å². The number of hydrogen-bond acceptors (Lipinski definition) is 4. The third-order valence-corrected chi connectivity index (χ3v) is 13.4. The molecule has 0 heterocycles. The molecular formula is C38H61F3N2O4S2. The molecule has 2 rings (SSSR count). The molecule has 2 aromatic rings. The third kappa shape index (κ3) is 10.5. The second kappa shape index (κ2) is 14.6. The number of halogens is 3. The average Bonchev–Trinajstić information content (AvgIpc) is 2.90. The largest absolute Gasteiger partial charge is 0.402 e. The molecule has 0 saturated carbocycles. The lowest BCUT2D eigenvalue weighted by atomic mass is 9.79. The summed E-state index contributed by atoms with van der Waals surface area (Å²) in [5.74, 6) is 0.270. The van der Waals surface area contributed by atoms with E-state index in [-0.39, 0.29) is 28.2 Å². The first-order valence-electron chi connectivity index (χ1n) is 17.2. The molecule has 0 aromatic heterocycles. The summed E-state index contributed by atoms with van der Waals surface area (Å²) in [6.07, 6.45) is -3.97. The monoisotopic (exact) mass is 730 g/mol. The summed E-state index contributed by atoms with van der Waals surface area (Å²) in [6.45, 7) is 26.3. The smallest absolute Gasteiger partial charge is 0.207 e. The van der Waals surface area contributed by atoms with Crippen LogP contribution in [-0.4, -0.2) is 55.8 Å². The van der Waals surface area contributed by atoms with E-state index in [1.54, 1.807) is 18.2 Å². The maximum absolute atomic E-state index is 14.5. The Kier molecular flexibility index (Phi) is 12.9. The molecule has 0 atom stereocenters. The number of alkyl halides is 3. The Hall–Kier alpha value is -1.95. The van der Waals surface area contributed by atoms with Crippen LogP contribution in [0.3, 0.4) is 0 Å². The van der Waals surface area contributed by atoms with Crippen molar-refractivity contribution in [3.63, 3.8) is 0 Å². The second-order valence-electron chi connectivity index (χ2n) is 17.6. The molecule has 49 heavy (non-hydrogen) atoms. The normalized spacial score (nSPS) is 14.5. The molecule has 0 amide bonds. The number of rotatable bonds is 12. The number of benzene rings is 2. The summed E-state index contributed by atoms with van der Waals surface area (Å²) in [5, 5.41) is 0. The average molecular weight is 731 g/mol. The summed E-state index contributed by atoms with van der Waals surface area (Å²) >= 11 is 0. The van der Waals surface area contributed by atoms with Gasteiger partial charge in [0.15, 0.2) is 0 Å². The van der Waals surface area contributed by atoms with Crippen LogP contribution in [0.4, 0.5) is 13.2 Å². The zero-order chi connectivity index (χ0) is 38.3. The quantitative estimate of drug-likeness (QED) is 0.218. The van der Waals surface area contributed by atoms with Gasteiger partial charge in [0.25, 0.3) is 0 Å². The van der Waals surface area contributed by atoms with Crippen LogP contribution < -0.4 is 0 Å². The first-order chi connectivity index (χ1) is 21.7. The second-order valence-corrected chi connectivity index (χ2v) is 21.3. The molecular weight excluding hydrogens is 670 g/mol. The molecule has 11 heteroatoms. The Morgan fingerprint density at radius 2 is 1.00 bits per heavy atom. The maximum Gasteiger partial charge on any atom is 0.402 e. The molecule has 0 fully saturated rings. The van der Waals surface area contributed by atoms with Gasteiger partial charge >= 0.3 is 6.18 Å². The maximum atomic E-state index is 14.5. The van der Waals surface area contributed by atoms with Gasteiger partial charge in [0.1, 0.15) is 6.54 Å². The standard InChI is InChI=1S/C38H61F3N2O4S2/c1-26(2)28-17-19-32(30(23-28)34(5,6)7)48(44,45)42(35(8,9)10)22-16-21-37(14,15)31-24-29(27(3)4)18-20-33(31)49(46,47)43(36(11,12)13)25-38(39,40)41/h17-20,23-24,26-27H,16,21-22,25H2,1-15H3. The summed E-state index contributed by atoms with van der Waals surface area (Å²) in [7, 11) is -8.56. The van der Waals surface area contributed by atoms with Crippen LogP contribution in [-0.2, 0) is 30.9 Å². The summed E-state index contributed by atoms with van der Waals surface area (Å²) < 4.78 is 100. The van der Waals surface area contributed by atoms with Gasteiger partial charge in [-0.15, -0.1) is 0 Å². The molecule has 0 saturated heterocycles. The zero-order valence-corrected chi connectivity index (χ0v) is 34.1. The molecule has 0 N–H and O–H groups in total. The number of hydrogen-bond donors (Lipinski definition) is 0. The van der Waals surface area contributed by atoms with Gasteiger partial charge in [-0.1, -0.05) is 86.6 Å². The molecule has 0 aliphatic rings. The number of sulfonamides is 2. The molecule has 0 unspecified atom stereocenters. The van der Waals surface area contributed by atoms with Crippen molar-refractivity contribution in [2.75, 3.05) is 13.1 Å². The highest BCUT2D eigenvalue weighted by atomic mass is 32.2. The van der Waals surface area contributed by atoms with Crippen molar-refractivity contribution in [3.8, 4) is 0 Å². The van der Waals surface area contributed by atoms with E-state index in [9.17, 15) is 30.0 Å². The highest BCUT2D eigenvalue weighted by molar-refractivity contribution is 7.89. The third-order valence-electron chi connectivity index (χ3n) is 9.00. The molecule has 0 radical (unpaired) electrons. The fourth-order valence-corrected chi connectivity index (χ4v) is 10.4. The van der Waals surface area contributed by atoms with E-state index in [0.717, 1.165) is 16.7 Å². The molecule has 0 aliphatic carbocycles. The van der Waals surface area contributed by atoms with Crippen molar-refractivity contribution in [2.45, 2.75) is 166 Å². The first-order valence-corrected chi connectivity index (χ1v) is 20.0. The van der Waals surface area contributed by atoms with Crippen molar-refractivity contribution in [2.24, 2.45) is 0 Å². The van der Waals surface area contributed by atoms with Gasteiger partial charge in [0.2, 0.25) is 20.0 Å². The molecule has 0 aliphatic heterocycles. The topological polar surface area (TPSA) is 74.8 Å². The minimum atomic E-state index is -4.74. The van der Waals surface area contributed by atoms with E-state index < -0.39 is 54.7 Å². The van der Waals surface area contributed by atoms with Crippen LogP contribution in [0.2, 0.25) is 0 Å². The molecule has 2 aromatic carbocycles. The van der Waals surface area contributed by atoms with Gasteiger partial charge < -0.3 is 0 Å². The van der Waals surface area contributed by atoms with E-state index >= 15 is 0 Å². The van der Waals surface area contributed by atoms with Crippen molar-refractivity contribution in [3.05, 3.63) is 58.7 Å². The molecule has 280 valence electrons. The predicted molar refractivity (Wildman–Crippen MR) is 195 cm³/mol. The van der Waals surface area contributed by atoms with Crippen molar-refractivity contribution >= 4 is 20.0 Å². The summed E-state index contributed by atoms with van der Waals surface area (Å²) in [4.78, 5) is 0.102. The Balaban J connectivity index is 2.64. The van der Waals surface area contributed by atoms with E-state index in [0.29, 0.717) is 22.7 Å². The minimum absolute atomic E-state index is 0.0424. The minimum Gasteiger partial charge on any atom is -0.207 e. The summed E-state index contributed by atoms with van der Waals surface area (Å²) in [6, 6.07) is 10.5. The Bertz CT molecular complexity index is 1680. The molecule has 6 nitrogen and oxygen atoms in total. The highest BCUT2D eigenvalue weighted by Crippen LogP contribution is 2.40. The van der Waals surface area contributed by atoms with Gasteiger partial charge in [-0.3, -0.25) is 0 Å². The van der Waals surface area contributed by atoms with Gasteiger partial charge in [-0.2, -0.15) is 21.8 Å². The van der Waals surface area contributed by atoms with Crippen LogP contribution in [0.5, 0.6) is 0 Å². The van der Waals surface area contributed by atoms with Gasteiger partial charge in [0.05, 0.1) is 9.79 Å². The fourth-order valence-electron chi connectivity index (χ4n) is 6.08. The summed E-state index contributed by atoms with van der Waals surface area (Å²) in [5.41, 5.74) is -0.303. The van der Waals surface area contributed by atoms with Crippen molar-refractivity contribution < 1.29 is 30.0 Å². The van der Waals surface area contributed by atoms with Crippen LogP contribution in [0, 0.1) is 0 Å². The first kappa shape index (κ1) is 43.2. The SMILES string of the molecule is CC(C)c1ccc(S(=O)(=O)N(CCCC(C)(C)c2cc(C(C)C)ccc2S(=O)(=O)N(CC(F)(F)F)C(C)(C)C)C(C)(C)C)c(C(C)(C)C)c1. The van der Waals surface area contributed by atoms with Crippen LogP contribution in [0.15, 0.2) is 46.2 Å². The van der Waals surface area contributed by atoms with E-state index in [1.165, 1.54) is 31.1 Å². The lowest BCUT2D eigenvalue weighted by Gasteiger charge is -2.38. The van der Waals surface area contributed by atoms with Crippen molar-refractivity contribution in [1.29, 1.82) is 0 Å². The van der Waals surface area contributed by atoms with Crippen LogP contribution >= 0.6 is 0 Å². The lowest BCUT2D eigenvalue weighted by Crippen LogP contribution is -2.50. The molecule has 0 bridgehead atoms. The van der Waals surface area contributed by atoms with Gasteiger partial charge in [0, 0.05) is 17.6 Å². The Labute approximate surface area is 296 Å². The highest BCUT2D eigenvalue weighted by Gasteiger charge is 2.44. The predicted octanol–water partition coefficient (Wildman–Crippen LogP) is 10.1. The van der Waals surface area contributed by atoms with Gasteiger partial charge in [-0.05, 0) is 111 Å². The Morgan fingerprint density at radius 1 is 0.612 bits per heavy atom. The van der Waals surface area contributed by atoms with E-state index in [4.69, 9.17) is 0 Å². The Morgan fingerprint density at radius 3 is 1.37 bits per heavy atom. The number of nitrogens with zero attached hydrogens (tertiary/aromatic N) is 2. The lowest BCUT2D eigenvalue weighted by molar-refractivity contribution is -0.142. The molecule has 0 spiro atoms. The van der Waals surface area contributed by atoms with E-state index in [2.05, 4.69) is 13.8 Å². The van der Waals surface area contributed by atoms with Crippen LogP contribution in [0.1, 0.15) is 151 Å². The van der Waals surface area contributed by atoms with Crippen LogP contribution in [0.25, 0.3) is 0 Å². The van der Waals surface area contributed by atoms with Gasteiger partial charge in [-0.25, -0.2) is 16.8 Å².